The van der Waals surface area contributed by atoms with Crippen LogP contribution in [0.25, 0.3) is 0 Å². The Morgan fingerprint density at radius 1 is 1.00 bits per heavy atom. The predicted molar refractivity (Wildman–Crippen MR) is 140 cm³/mol. The second-order valence-electron chi connectivity index (χ2n) is 12.7. The molecule has 3 saturated carbocycles. The molecule has 8 atom stereocenters. The molecule has 34 heavy (non-hydrogen) atoms. The first-order valence-electron chi connectivity index (χ1n) is 13.4. The van der Waals surface area contributed by atoms with Crippen molar-refractivity contribution in [2.45, 2.75) is 111 Å². The van der Waals surface area contributed by atoms with Crippen molar-refractivity contribution in [3.05, 3.63) is 11.6 Å². The van der Waals surface area contributed by atoms with E-state index in [4.69, 9.17) is 19.2 Å². The molecule has 0 radical (unpaired) electrons. The van der Waals surface area contributed by atoms with Gasteiger partial charge in [-0.15, -0.1) is 0 Å². The van der Waals surface area contributed by atoms with Crippen LogP contribution in [-0.2, 0) is 4.57 Å². The van der Waals surface area contributed by atoms with Gasteiger partial charge in [0, 0.05) is 0 Å². The van der Waals surface area contributed by atoms with Crippen molar-refractivity contribution in [3.8, 4) is 0 Å². The molecule has 4 N–H and O–H groups in total. The second-order valence-corrected chi connectivity index (χ2v) is 13.7. The summed E-state index contributed by atoms with van der Waals surface area (Å²) in [5.41, 5.74) is 2.60. The monoisotopic (exact) mass is 508 g/mol. The number of fused-ring (bicyclic) bond motifs is 5. The van der Waals surface area contributed by atoms with E-state index in [-0.39, 0.29) is 35.7 Å². The van der Waals surface area contributed by atoms with Gasteiger partial charge in [0.2, 0.25) is 0 Å². The summed E-state index contributed by atoms with van der Waals surface area (Å²) in [5.74, 6) is 5.46. The Balaban J connectivity index is 0.000000619. The van der Waals surface area contributed by atoms with Crippen molar-refractivity contribution < 1.29 is 24.4 Å². The first kappa shape index (κ1) is 31.0. The van der Waals surface area contributed by atoms with Crippen molar-refractivity contribution in [2.75, 3.05) is 0 Å². The third kappa shape index (κ3) is 7.01. The molecule has 194 valence electrons. The maximum absolute atomic E-state index is 10.2. The predicted octanol–water partition coefficient (Wildman–Crippen LogP) is 5.81. The summed E-state index contributed by atoms with van der Waals surface area (Å²) in [5, 5.41) is 10.2. The molecule has 0 heterocycles. The number of aliphatic hydroxyl groups excluding tert-OH is 1. The van der Waals surface area contributed by atoms with Crippen LogP contribution in [0.1, 0.15) is 105 Å². The topological polar surface area (TPSA) is 98.0 Å². The minimum atomic E-state index is -4.64. The second kappa shape index (κ2) is 12.1. The average Bonchev–Trinajstić information content (AvgIpc) is 3.04. The van der Waals surface area contributed by atoms with E-state index in [1.807, 2.05) is 0 Å². The number of aliphatic hydroxyl groups is 1. The van der Waals surface area contributed by atoms with E-state index in [1.165, 1.54) is 57.8 Å². The van der Waals surface area contributed by atoms with Crippen LogP contribution < -0.4 is 0 Å². The number of allylic oxidation sites excluding steroid dienone is 1. The fraction of sp³-hybridized carbons (Fsp3) is 0.926. The Bertz CT molecular complexity index is 743. The summed E-state index contributed by atoms with van der Waals surface area (Å²) >= 11 is 0. The quantitative estimate of drug-likeness (QED) is 0.213. The molecule has 0 aromatic rings. The Kier molecular flexibility index (Phi) is 11.1. The fourth-order valence-electron chi connectivity index (χ4n) is 8.67. The maximum atomic E-state index is 10.2. The molecule has 0 aromatic carbocycles. The number of hydrogen-bond donors (Lipinski definition) is 4. The normalized spacial score (nSPS) is 40.1. The number of rotatable bonds is 5. The standard InChI is InChI=1S/C27H46O.Na.H3O4P.H/c1-18(2)7-6-8-19(3)23-11-12-24-22-10-9-20-17-21(28)13-15-26(20,4)25(22)14-16-27(23,24)5;;1-5(2,3)4;/h9,18-19,21-25,28H,6-8,10-17H2,1-5H3;;(H3,1,2,3,4);/t19?,21-,22-,23+,24-,25-,26-,27+;;;/m0.../s1. The van der Waals surface area contributed by atoms with Crippen LogP contribution in [-0.4, -0.2) is 55.4 Å². The average molecular weight is 509 g/mol. The molecular formula is C27H50NaO5P. The van der Waals surface area contributed by atoms with Crippen LogP contribution in [0.3, 0.4) is 0 Å². The molecule has 1 unspecified atom stereocenters. The minimum absolute atomic E-state index is 0. The van der Waals surface area contributed by atoms with Crippen LogP contribution in [0, 0.1) is 46.3 Å². The molecule has 0 bridgehead atoms. The molecular weight excluding hydrogens is 458 g/mol. The molecule has 4 aliphatic rings. The van der Waals surface area contributed by atoms with Gasteiger partial charge in [-0.1, -0.05) is 65.5 Å². The van der Waals surface area contributed by atoms with Crippen molar-refractivity contribution in [2.24, 2.45) is 46.3 Å². The summed E-state index contributed by atoms with van der Waals surface area (Å²) in [6.07, 6.45) is 17.2. The van der Waals surface area contributed by atoms with Crippen LogP contribution in [0.5, 0.6) is 0 Å². The number of phosphoric acid groups is 1. The molecule has 4 aliphatic carbocycles. The van der Waals surface area contributed by atoms with E-state index in [0.29, 0.717) is 10.8 Å². The molecule has 0 saturated heterocycles. The first-order chi connectivity index (χ1) is 15.3. The Hall–Kier alpha value is 0.810. The van der Waals surface area contributed by atoms with Crippen molar-refractivity contribution in [3.63, 3.8) is 0 Å². The van der Waals surface area contributed by atoms with Gasteiger partial charge >= 0.3 is 37.4 Å². The zero-order valence-corrected chi connectivity index (χ0v) is 22.4. The molecule has 0 aromatic heterocycles. The molecule has 7 heteroatoms. The van der Waals surface area contributed by atoms with E-state index < -0.39 is 7.82 Å². The van der Waals surface area contributed by atoms with Gasteiger partial charge in [0.25, 0.3) is 0 Å². The van der Waals surface area contributed by atoms with Crippen LogP contribution in [0.2, 0.25) is 0 Å². The van der Waals surface area contributed by atoms with Gasteiger partial charge in [-0.25, -0.2) is 4.57 Å². The SMILES string of the molecule is CC(C)CCCC(C)[C@H]1CC[C@H]2[C@@H]3CC=C4C[C@@H](O)CC[C@]4(C)[C@H]3CC[C@]12C.O=P(O)(O)O.[NaH]. The number of hydrogen-bond acceptors (Lipinski definition) is 2. The van der Waals surface area contributed by atoms with Crippen LogP contribution in [0.4, 0.5) is 0 Å². The van der Waals surface area contributed by atoms with Crippen molar-refractivity contribution in [1.82, 2.24) is 0 Å². The van der Waals surface area contributed by atoms with E-state index in [1.54, 1.807) is 5.57 Å². The van der Waals surface area contributed by atoms with E-state index in [9.17, 15) is 5.11 Å². The molecule has 4 rings (SSSR count). The van der Waals surface area contributed by atoms with Gasteiger partial charge in [-0.2, -0.15) is 0 Å². The summed E-state index contributed by atoms with van der Waals surface area (Å²) in [7, 11) is -4.64. The molecule has 0 aliphatic heterocycles. The summed E-state index contributed by atoms with van der Waals surface area (Å²) < 4.78 is 8.88. The molecule has 0 spiro atoms. The summed E-state index contributed by atoms with van der Waals surface area (Å²) in [6.45, 7) is 12.6. The third-order valence-electron chi connectivity index (χ3n) is 10.3. The molecule has 0 amide bonds. The van der Waals surface area contributed by atoms with E-state index >= 15 is 0 Å². The van der Waals surface area contributed by atoms with Crippen molar-refractivity contribution in [1.29, 1.82) is 0 Å². The zero-order valence-electron chi connectivity index (χ0n) is 21.5. The van der Waals surface area contributed by atoms with Crippen LogP contribution in [0.15, 0.2) is 11.6 Å². The van der Waals surface area contributed by atoms with E-state index in [2.05, 4.69) is 40.7 Å². The summed E-state index contributed by atoms with van der Waals surface area (Å²) in [6, 6.07) is 0. The van der Waals surface area contributed by atoms with Gasteiger partial charge in [0.1, 0.15) is 0 Å². The Morgan fingerprint density at radius 2 is 1.65 bits per heavy atom. The van der Waals surface area contributed by atoms with Gasteiger partial charge in [0.05, 0.1) is 6.10 Å². The van der Waals surface area contributed by atoms with Crippen molar-refractivity contribution >= 4 is 37.4 Å². The molecule has 5 nitrogen and oxygen atoms in total. The Labute approximate surface area is 230 Å². The van der Waals surface area contributed by atoms with Crippen LogP contribution >= 0.6 is 7.82 Å². The first-order valence-corrected chi connectivity index (χ1v) is 15.0. The van der Waals surface area contributed by atoms with Gasteiger partial charge in [-0.3, -0.25) is 0 Å². The summed E-state index contributed by atoms with van der Waals surface area (Å²) in [4.78, 5) is 21.6. The molecule has 3 fully saturated rings. The third-order valence-corrected chi connectivity index (χ3v) is 10.3. The van der Waals surface area contributed by atoms with Gasteiger partial charge in [-0.05, 0) is 97.7 Å². The van der Waals surface area contributed by atoms with Gasteiger partial charge < -0.3 is 19.8 Å². The van der Waals surface area contributed by atoms with E-state index in [0.717, 1.165) is 48.3 Å². The fourth-order valence-corrected chi connectivity index (χ4v) is 8.67. The Morgan fingerprint density at radius 3 is 2.26 bits per heavy atom. The van der Waals surface area contributed by atoms with Gasteiger partial charge in [0.15, 0.2) is 0 Å². The zero-order chi connectivity index (χ0) is 24.6.